The lowest BCUT2D eigenvalue weighted by molar-refractivity contribution is -0.161. The molecule has 3 aliphatic rings. The molecule has 9 rings (SSSR count). The van der Waals surface area contributed by atoms with Gasteiger partial charge in [0.2, 0.25) is 25.9 Å². The number of rotatable bonds is 18. The molecule has 3 aliphatic heterocycles. The fourth-order valence-electron chi connectivity index (χ4n) is 9.19. The second-order valence-electron chi connectivity index (χ2n) is 19.5. The molecule has 5 aromatic carbocycles. The highest BCUT2D eigenvalue weighted by Gasteiger charge is 2.45. The van der Waals surface area contributed by atoms with Crippen molar-refractivity contribution in [3.05, 3.63) is 137 Å². The topological polar surface area (TPSA) is 251 Å². The Balaban J connectivity index is 1.21. The van der Waals surface area contributed by atoms with E-state index in [2.05, 4.69) is 20.1 Å². The molecule has 2 fully saturated rings. The highest BCUT2D eigenvalue weighted by Crippen LogP contribution is 2.43. The van der Waals surface area contributed by atoms with Crippen molar-refractivity contribution in [2.24, 2.45) is 0 Å². The average Bonchev–Trinajstić information content (AvgIpc) is 4.19. The number of tetrazole rings is 1. The zero-order chi connectivity index (χ0) is 54.8. The van der Waals surface area contributed by atoms with E-state index in [4.69, 9.17) is 23.8 Å². The van der Waals surface area contributed by atoms with Crippen molar-refractivity contribution in [3.63, 3.8) is 0 Å². The van der Waals surface area contributed by atoms with Gasteiger partial charge >= 0.3 is 6.09 Å². The molecule has 2 saturated heterocycles. The largest absolute Gasteiger partial charge is 0.497 e. The molecule has 0 aliphatic carbocycles. The van der Waals surface area contributed by atoms with Crippen LogP contribution in [-0.2, 0) is 54.0 Å². The van der Waals surface area contributed by atoms with Gasteiger partial charge < -0.3 is 28.7 Å². The number of imide groups is 1. The van der Waals surface area contributed by atoms with Gasteiger partial charge in [-0.15, -0.1) is 15.3 Å². The van der Waals surface area contributed by atoms with Crippen molar-refractivity contribution in [1.82, 2.24) is 39.2 Å². The average molecular weight is 1090 g/mol. The molecule has 22 nitrogen and oxygen atoms in total. The van der Waals surface area contributed by atoms with Crippen molar-refractivity contribution in [1.29, 1.82) is 0 Å². The number of hydrogen-bond donors (Lipinski definition) is 1. The van der Waals surface area contributed by atoms with Gasteiger partial charge in [-0.25, -0.2) is 31.2 Å². The van der Waals surface area contributed by atoms with Gasteiger partial charge in [0, 0.05) is 38.8 Å². The van der Waals surface area contributed by atoms with Crippen LogP contribution in [0, 0.1) is 0 Å². The molecular weight excluding hydrogens is 1030 g/mol. The number of carbonyl (C=O) groups is 4. The van der Waals surface area contributed by atoms with E-state index in [1.165, 1.54) is 54.1 Å². The number of sulfonamides is 2. The number of fused-ring (bicyclic) bond motifs is 1. The third-order valence-corrected chi connectivity index (χ3v) is 16.6. The van der Waals surface area contributed by atoms with Crippen LogP contribution >= 0.6 is 0 Å². The second-order valence-corrected chi connectivity index (χ2v) is 23.0. The molecular formula is C53H57N9O13S2. The number of hydrogen-bond acceptors (Lipinski definition) is 16. The predicted molar refractivity (Wildman–Crippen MR) is 278 cm³/mol. The summed E-state index contributed by atoms with van der Waals surface area (Å²) < 4.78 is 88.6. The zero-order valence-electron chi connectivity index (χ0n) is 43.1. The Hall–Kier alpha value is -7.77. The minimum Gasteiger partial charge on any atom is -0.497 e. The van der Waals surface area contributed by atoms with E-state index in [-0.39, 0.29) is 81.2 Å². The Morgan fingerprint density at radius 1 is 0.727 bits per heavy atom. The minimum atomic E-state index is -5.14. The van der Waals surface area contributed by atoms with Crippen molar-refractivity contribution >= 4 is 49.5 Å². The molecule has 24 heteroatoms. The van der Waals surface area contributed by atoms with Crippen LogP contribution in [0.5, 0.6) is 17.2 Å². The van der Waals surface area contributed by atoms with E-state index >= 15 is 16.8 Å². The molecule has 404 valence electrons. The quantitative estimate of drug-likeness (QED) is 0.0996. The van der Waals surface area contributed by atoms with E-state index in [1.807, 2.05) is 0 Å². The molecule has 0 bridgehead atoms. The molecule has 2 atom stereocenters. The number of amides is 4. The van der Waals surface area contributed by atoms with Crippen LogP contribution in [0.15, 0.2) is 119 Å². The number of aromatic nitrogens is 4. The predicted octanol–water partition coefficient (Wildman–Crippen LogP) is 5.82. The van der Waals surface area contributed by atoms with Crippen molar-refractivity contribution in [2.75, 3.05) is 45.9 Å². The molecule has 1 N–H and O–H groups in total. The standard InChI is InChI=1S/C53H57N9O13S2/c1-53(2,3)74-52(66)58-29-27-37(33-58)56-76(67,68)45-26-25-43(60-28-9-12-44(51(60)65)75-62-49(63)41-10-7-8-11-42(41)50(62)64)46(48-54-57-61(55-48)32-36-17-23-40(73-6)24-18-36)47(45)77(69,70)59(30-34-13-19-38(71-4)20-14-34)31-35-15-21-39(72-5)22-16-35/h7-8,10-11,13-26,37,44,56H,9,12,27-33H2,1-6H3/t37-,44+/m1/s1. The smallest absolute Gasteiger partial charge is 0.410 e. The minimum absolute atomic E-state index is 0.0175. The lowest BCUT2D eigenvalue weighted by Crippen LogP contribution is -2.49. The highest BCUT2D eigenvalue weighted by atomic mass is 32.2. The van der Waals surface area contributed by atoms with E-state index < -0.39 is 77.0 Å². The number of ether oxygens (including phenoxy) is 4. The molecule has 1 aromatic heterocycles. The monoisotopic (exact) mass is 1090 g/mol. The third kappa shape index (κ3) is 11.7. The molecule has 0 radical (unpaired) electrons. The maximum atomic E-state index is 16.3. The number of benzene rings is 5. The number of nitrogens with zero attached hydrogens (tertiary/aromatic N) is 8. The zero-order valence-corrected chi connectivity index (χ0v) is 44.7. The van der Waals surface area contributed by atoms with Gasteiger partial charge in [-0.2, -0.15) is 9.10 Å². The van der Waals surface area contributed by atoms with Crippen LogP contribution < -0.4 is 23.8 Å². The fourth-order valence-corrected chi connectivity index (χ4v) is 12.9. The molecule has 0 spiro atoms. The normalized spacial score (nSPS) is 17.0. The number of likely N-dealkylation sites (tertiary alicyclic amines) is 1. The molecule has 0 unspecified atom stereocenters. The fraction of sp³-hybridized carbons (Fsp3) is 0.340. The van der Waals surface area contributed by atoms with Gasteiger partial charge in [-0.3, -0.25) is 14.4 Å². The van der Waals surface area contributed by atoms with Gasteiger partial charge in [0.15, 0.2) is 6.10 Å². The van der Waals surface area contributed by atoms with E-state index in [0.29, 0.717) is 39.0 Å². The molecule has 6 aromatic rings. The van der Waals surface area contributed by atoms with Crippen LogP contribution in [0.3, 0.4) is 0 Å². The van der Waals surface area contributed by atoms with Gasteiger partial charge in [-0.1, -0.05) is 48.5 Å². The van der Waals surface area contributed by atoms with Gasteiger partial charge in [0.1, 0.15) is 32.6 Å². The SMILES string of the molecule is COc1ccc(CN(Cc2ccc(OC)cc2)S(=O)(=O)c2c(S(=O)(=O)N[C@@H]3CCN(C(=O)OC(C)(C)C)C3)ccc(N3CCC[C@H](ON4C(=O)c5ccccc5C4=O)C3=O)c2-c2nnn(Cc3ccc(OC)cc3)n2)cc1. The van der Waals surface area contributed by atoms with Crippen LogP contribution in [0.4, 0.5) is 10.5 Å². The van der Waals surface area contributed by atoms with Crippen LogP contribution in [0.25, 0.3) is 11.4 Å². The number of piperidine rings is 1. The lowest BCUT2D eigenvalue weighted by atomic mass is 10.0. The first-order valence-corrected chi connectivity index (χ1v) is 27.5. The van der Waals surface area contributed by atoms with E-state index in [9.17, 15) is 19.2 Å². The number of anilines is 1. The van der Waals surface area contributed by atoms with Crippen molar-refractivity contribution < 1.29 is 59.8 Å². The number of carbonyl (C=O) groups excluding carboxylic acids is 4. The highest BCUT2D eigenvalue weighted by molar-refractivity contribution is 7.92. The molecule has 77 heavy (non-hydrogen) atoms. The molecule has 0 saturated carbocycles. The molecule has 4 amide bonds. The summed E-state index contributed by atoms with van der Waals surface area (Å²) in [5.74, 6) is -1.09. The summed E-state index contributed by atoms with van der Waals surface area (Å²) in [5, 5.41) is 13.9. The van der Waals surface area contributed by atoms with Crippen LogP contribution in [0.2, 0.25) is 0 Å². The molecule has 4 heterocycles. The number of hydroxylamine groups is 2. The summed E-state index contributed by atoms with van der Waals surface area (Å²) >= 11 is 0. The van der Waals surface area contributed by atoms with Gasteiger partial charge in [0.05, 0.1) is 50.3 Å². The first kappa shape index (κ1) is 54.0. The summed E-state index contributed by atoms with van der Waals surface area (Å²) in [6.45, 7) is 4.52. The van der Waals surface area contributed by atoms with E-state index in [0.717, 1.165) is 10.4 Å². The first-order chi connectivity index (χ1) is 36.8. The Labute approximate surface area is 445 Å². The van der Waals surface area contributed by atoms with Gasteiger partial charge in [-0.05, 0) is 123 Å². The second kappa shape index (κ2) is 22.1. The Kier molecular flexibility index (Phi) is 15.5. The summed E-state index contributed by atoms with van der Waals surface area (Å²) in [6.07, 6.45) is -1.67. The summed E-state index contributed by atoms with van der Waals surface area (Å²) in [7, 11) is -5.54. The number of nitrogens with one attached hydrogen (secondary N) is 1. The maximum absolute atomic E-state index is 16.3. The third-order valence-electron chi connectivity index (χ3n) is 13.0. The lowest BCUT2D eigenvalue weighted by Gasteiger charge is -2.35. The maximum Gasteiger partial charge on any atom is 0.410 e. The number of methoxy groups -OCH3 is 3. The van der Waals surface area contributed by atoms with Gasteiger partial charge in [0.25, 0.3) is 17.7 Å². The Bertz CT molecular complexity index is 3340. The summed E-state index contributed by atoms with van der Waals surface area (Å²) in [4.78, 5) is 63.3. The summed E-state index contributed by atoms with van der Waals surface area (Å²) in [5.41, 5.74) is 0.503. The van der Waals surface area contributed by atoms with Crippen molar-refractivity contribution in [2.45, 2.75) is 87.2 Å². The van der Waals surface area contributed by atoms with Crippen molar-refractivity contribution in [3.8, 4) is 28.6 Å². The van der Waals surface area contributed by atoms with Crippen LogP contribution in [-0.4, -0.2) is 134 Å². The summed E-state index contributed by atoms with van der Waals surface area (Å²) in [6, 6.07) is 28.0. The Morgan fingerprint density at radius 2 is 1.29 bits per heavy atom. The van der Waals surface area contributed by atoms with Crippen LogP contribution in [0.1, 0.15) is 77.4 Å². The van der Waals surface area contributed by atoms with E-state index in [1.54, 1.807) is 106 Å². The first-order valence-electron chi connectivity index (χ1n) is 24.6. The Morgan fingerprint density at radius 3 is 1.83 bits per heavy atom.